The second-order valence-corrected chi connectivity index (χ2v) is 6.87. The summed E-state index contributed by atoms with van der Waals surface area (Å²) in [6, 6.07) is 7.21. The first-order valence-corrected chi connectivity index (χ1v) is 9.62. The number of rotatable bonds is 12. The van der Waals surface area contributed by atoms with E-state index < -0.39 is 12.8 Å². The molecule has 0 saturated carbocycles. The number of hydrogen-bond acceptors (Lipinski definition) is 3. The molecule has 0 spiro atoms. The predicted octanol–water partition coefficient (Wildman–Crippen LogP) is 4.50. The zero-order chi connectivity index (χ0) is 20.8. The van der Waals surface area contributed by atoms with Crippen LogP contribution in [0.4, 0.5) is 13.2 Å². The van der Waals surface area contributed by atoms with E-state index in [0.717, 1.165) is 37.6 Å². The lowest BCUT2D eigenvalue weighted by atomic mass is 10.1. The van der Waals surface area contributed by atoms with Crippen molar-refractivity contribution in [2.24, 2.45) is 10.9 Å². The summed E-state index contributed by atoms with van der Waals surface area (Å²) in [6.07, 6.45) is -3.41. The highest BCUT2D eigenvalue weighted by molar-refractivity contribution is 14.0. The van der Waals surface area contributed by atoms with Crippen LogP contribution in [-0.4, -0.2) is 45.0 Å². The lowest BCUT2D eigenvalue weighted by Gasteiger charge is -2.12. The molecule has 0 amide bonds. The zero-order valence-corrected chi connectivity index (χ0v) is 19.7. The minimum Gasteiger partial charge on any atom is -0.381 e. The first-order chi connectivity index (χ1) is 13.3. The maximum Gasteiger partial charge on any atom is 0.411 e. The fourth-order valence-corrected chi connectivity index (χ4v) is 2.24. The molecule has 0 aliphatic carbocycles. The van der Waals surface area contributed by atoms with E-state index >= 15 is 0 Å². The van der Waals surface area contributed by atoms with E-state index in [2.05, 4.69) is 34.2 Å². The van der Waals surface area contributed by atoms with Gasteiger partial charge < -0.3 is 20.1 Å². The monoisotopic (exact) mass is 531 g/mol. The van der Waals surface area contributed by atoms with E-state index in [-0.39, 0.29) is 30.6 Å². The van der Waals surface area contributed by atoms with Crippen molar-refractivity contribution in [2.75, 3.05) is 32.9 Å². The van der Waals surface area contributed by atoms with Gasteiger partial charge in [-0.1, -0.05) is 38.1 Å². The summed E-state index contributed by atoms with van der Waals surface area (Å²) in [5.41, 5.74) is 1.67. The second kappa shape index (κ2) is 15.7. The van der Waals surface area contributed by atoms with E-state index in [1.807, 2.05) is 19.1 Å². The fraction of sp³-hybridized carbons (Fsp3) is 0.650. The topological polar surface area (TPSA) is 54.9 Å². The highest BCUT2D eigenvalue weighted by Crippen LogP contribution is 2.16. The smallest absolute Gasteiger partial charge is 0.381 e. The molecule has 0 atom stereocenters. The summed E-state index contributed by atoms with van der Waals surface area (Å²) >= 11 is 0. The third-order valence-electron chi connectivity index (χ3n) is 3.53. The van der Waals surface area contributed by atoms with Crippen molar-refractivity contribution >= 4 is 29.9 Å². The quantitative estimate of drug-likeness (QED) is 0.181. The van der Waals surface area contributed by atoms with Crippen LogP contribution in [-0.2, 0) is 22.6 Å². The van der Waals surface area contributed by atoms with Crippen LogP contribution in [0.1, 0.15) is 38.3 Å². The molecular formula is C20H33F3IN3O2. The Morgan fingerprint density at radius 1 is 1.07 bits per heavy atom. The third-order valence-corrected chi connectivity index (χ3v) is 3.53. The van der Waals surface area contributed by atoms with Crippen molar-refractivity contribution in [3.05, 3.63) is 35.4 Å². The number of hydrogen-bond donors (Lipinski definition) is 2. The van der Waals surface area contributed by atoms with Gasteiger partial charge in [-0.2, -0.15) is 13.2 Å². The minimum atomic E-state index is -4.30. The van der Waals surface area contributed by atoms with Crippen LogP contribution in [0.2, 0.25) is 0 Å². The van der Waals surface area contributed by atoms with Crippen molar-refractivity contribution in [3.8, 4) is 0 Å². The molecule has 9 heteroatoms. The van der Waals surface area contributed by atoms with Gasteiger partial charge in [0.05, 0.1) is 13.2 Å². The fourth-order valence-electron chi connectivity index (χ4n) is 2.24. The van der Waals surface area contributed by atoms with Gasteiger partial charge in [0.25, 0.3) is 0 Å². The normalized spacial score (nSPS) is 12.0. The highest BCUT2D eigenvalue weighted by Gasteiger charge is 2.27. The largest absolute Gasteiger partial charge is 0.411 e. The Morgan fingerprint density at radius 3 is 2.31 bits per heavy atom. The van der Waals surface area contributed by atoms with Crippen LogP contribution >= 0.6 is 24.0 Å². The summed E-state index contributed by atoms with van der Waals surface area (Å²) in [6.45, 7) is 8.41. The highest BCUT2D eigenvalue weighted by atomic mass is 127. The second-order valence-electron chi connectivity index (χ2n) is 6.87. The van der Waals surface area contributed by atoms with Crippen LogP contribution in [0.3, 0.4) is 0 Å². The Bertz CT molecular complexity index is 567. The summed E-state index contributed by atoms with van der Waals surface area (Å²) in [7, 11) is 0. The maximum atomic E-state index is 12.1. The first-order valence-electron chi connectivity index (χ1n) is 9.62. The molecule has 1 aromatic carbocycles. The average molecular weight is 531 g/mol. The number of benzene rings is 1. The lowest BCUT2D eigenvalue weighted by Crippen LogP contribution is -2.38. The van der Waals surface area contributed by atoms with E-state index in [0.29, 0.717) is 24.6 Å². The van der Waals surface area contributed by atoms with Crippen molar-refractivity contribution in [2.45, 2.75) is 46.5 Å². The molecule has 0 aliphatic rings. The third kappa shape index (κ3) is 15.4. The van der Waals surface area contributed by atoms with Crippen molar-refractivity contribution in [3.63, 3.8) is 0 Å². The molecule has 29 heavy (non-hydrogen) atoms. The van der Waals surface area contributed by atoms with Crippen LogP contribution in [0, 0.1) is 5.92 Å². The van der Waals surface area contributed by atoms with Gasteiger partial charge in [0.2, 0.25) is 0 Å². The van der Waals surface area contributed by atoms with Crippen molar-refractivity contribution < 1.29 is 22.6 Å². The summed E-state index contributed by atoms with van der Waals surface area (Å²) in [5.74, 6) is 1.26. The van der Waals surface area contributed by atoms with E-state index in [9.17, 15) is 13.2 Å². The van der Waals surface area contributed by atoms with Gasteiger partial charge in [0.1, 0.15) is 6.61 Å². The molecule has 0 aromatic heterocycles. The molecule has 1 aromatic rings. The minimum absolute atomic E-state index is 0. The first kappa shape index (κ1) is 27.9. The molecule has 0 heterocycles. The Labute approximate surface area is 188 Å². The Hall–Kier alpha value is -1.07. The molecule has 0 bridgehead atoms. The Balaban J connectivity index is 0.00000784. The van der Waals surface area contributed by atoms with Gasteiger partial charge >= 0.3 is 6.18 Å². The number of guanidine groups is 1. The van der Waals surface area contributed by atoms with Gasteiger partial charge in [0.15, 0.2) is 5.96 Å². The summed E-state index contributed by atoms with van der Waals surface area (Å²) < 4.78 is 46.5. The molecule has 0 fully saturated rings. The van der Waals surface area contributed by atoms with Gasteiger partial charge in [-0.15, -0.1) is 24.0 Å². The molecule has 2 N–H and O–H groups in total. The maximum absolute atomic E-state index is 12.1. The number of halogens is 4. The van der Waals surface area contributed by atoms with Gasteiger partial charge in [-0.25, -0.2) is 4.99 Å². The molecule has 168 valence electrons. The Morgan fingerprint density at radius 2 is 1.72 bits per heavy atom. The van der Waals surface area contributed by atoms with E-state index in [4.69, 9.17) is 4.74 Å². The van der Waals surface area contributed by atoms with E-state index in [1.165, 1.54) is 0 Å². The van der Waals surface area contributed by atoms with Gasteiger partial charge in [0, 0.05) is 26.3 Å². The van der Waals surface area contributed by atoms with Crippen molar-refractivity contribution in [1.29, 1.82) is 0 Å². The average Bonchev–Trinajstić information content (AvgIpc) is 2.62. The molecule has 1 rings (SSSR count). The molecule has 0 radical (unpaired) electrons. The van der Waals surface area contributed by atoms with Gasteiger partial charge in [-0.3, -0.25) is 0 Å². The standard InChI is InChI=1S/C20H32F3N3O2.HI/c1-4-24-19(25-10-5-11-27-13-16(2)3)26-12-17-6-8-18(9-7-17)14-28-15-20(21,22)23;/h6-9,16H,4-5,10-15H2,1-3H3,(H2,24,25,26);1H. The number of nitrogens with one attached hydrogen (secondary N) is 2. The Kier molecular flexibility index (Phi) is 15.1. The summed E-state index contributed by atoms with van der Waals surface area (Å²) in [4.78, 5) is 4.53. The van der Waals surface area contributed by atoms with Crippen molar-refractivity contribution in [1.82, 2.24) is 10.6 Å². The number of nitrogens with zero attached hydrogens (tertiary/aromatic N) is 1. The van der Waals surface area contributed by atoms with Crippen LogP contribution < -0.4 is 10.6 Å². The molecule has 0 saturated heterocycles. The van der Waals surface area contributed by atoms with E-state index in [1.54, 1.807) is 12.1 Å². The van der Waals surface area contributed by atoms with Gasteiger partial charge in [-0.05, 0) is 30.4 Å². The number of alkyl halides is 3. The van der Waals surface area contributed by atoms with Crippen LogP contribution in [0.25, 0.3) is 0 Å². The van der Waals surface area contributed by atoms with Crippen LogP contribution in [0.5, 0.6) is 0 Å². The molecule has 0 unspecified atom stereocenters. The number of ether oxygens (including phenoxy) is 2. The molecular weight excluding hydrogens is 498 g/mol. The molecule has 0 aliphatic heterocycles. The zero-order valence-electron chi connectivity index (χ0n) is 17.3. The number of aliphatic imine (C=N–C) groups is 1. The predicted molar refractivity (Wildman–Crippen MR) is 121 cm³/mol. The van der Waals surface area contributed by atoms with Crippen LogP contribution in [0.15, 0.2) is 29.3 Å². The SMILES string of the molecule is CCNC(=NCc1ccc(COCC(F)(F)F)cc1)NCCCOCC(C)C.I. The summed E-state index contributed by atoms with van der Waals surface area (Å²) in [5, 5.41) is 6.45. The lowest BCUT2D eigenvalue weighted by molar-refractivity contribution is -0.176. The molecule has 5 nitrogen and oxygen atoms in total.